The summed E-state index contributed by atoms with van der Waals surface area (Å²) in [6, 6.07) is 16.3. The van der Waals surface area contributed by atoms with Gasteiger partial charge in [0.2, 0.25) is 0 Å². The summed E-state index contributed by atoms with van der Waals surface area (Å²) in [6.45, 7) is 0. The zero-order valence-electron chi connectivity index (χ0n) is 10.00. The lowest BCUT2D eigenvalue weighted by molar-refractivity contribution is 1.43. The third kappa shape index (κ3) is 1.85. The summed E-state index contributed by atoms with van der Waals surface area (Å²) < 4.78 is 0. The van der Waals surface area contributed by atoms with Crippen LogP contribution in [0.5, 0.6) is 0 Å². The molecule has 0 atom stereocenters. The van der Waals surface area contributed by atoms with Gasteiger partial charge in [-0.1, -0.05) is 29.8 Å². The van der Waals surface area contributed by atoms with Crippen LogP contribution in [0.25, 0.3) is 22.2 Å². The molecule has 0 saturated carbocycles. The Labute approximate surface area is 111 Å². The quantitative estimate of drug-likeness (QED) is 0.693. The smallest absolute Gasteiger partial charge is 0.0485 e. The number of hydrogen-bond donors (Lipinski definition) is 2. The monoisotopic (exact) mass is 256 g/mol. The van der Waals surface area contributed by atoms with Gasteiger partial charge in [0.25, 0.3) is 0 Å². The van der Waals surface area contributed by atoms with E-state index in [1.54, 1.807) is 0 Å². The zero-order chi connectivity index (χ0) is 12.5. The number of halogens is 1. The van der Waals surface area contributed by atoms with E-state index >= 15 is 0 Å². The molecular formula is C15H13ClN2. The van der Waals surface area contributed by atoms with Crippen molar-refractivity contribution in [2.75, 3.05) is 12.4 Å². The number of rotatable bonds is 2. The van der Waals surface area contributed by atoms with Crippen LogP contribution in [0, 0.1) is 0 Å². The fourth-order valence-corrected chi connectivity index (χ4v) is 2.35. The van der Waals surface area contributed by atoms with Crippen molar-refractivity contribution in [2.24, 2.45) is 0 Å². The standard InChI is InChI=1S/C15H13ClN2/c1-17-14-9-11(16)6-7-12(14)15-8-10-4-2-3-5-13(10)18-15/h2-9,17-18H,1H3. The fraction of sp³-hybridized carbons (Fsp3) is 0.0667. The highest BCUT2D eigenvalue weighted by molar-refractivity contribution is 6.31. The predicted octanol–water partition coefficient (Wildman–Crippen LogP) is 4.53. The number of H-pyrrole nitrogens is 1. The summed E-state index contributed by atoms with van der Waals surface area (Å²) >= 11 is 6.01. The average Bonchev–Trinajstić information content (AvgIpc) is 2.82. The van der Waals surface area contributed by atoms with Crippen LogP contribution in [0.2, 0.25) is 5.02 Å². The van der Waals surface area contributed by atoms with E-state index in [0.717, 1.165) is 27.5 Å². The number of hydrogen-bond acceptors (Lipinski definition) is 1. The van der Waals surface area contributed by atoms with Crippen LogP contribution < -0.4 is 5.32 Å². The van der Waals surface area contributed by atoms with Crippen LogP contribution in [0.15, 0.2) is 48.5 Å². The second-order valence-electron chi connectivity index (χ2n) is 4.21. The van der Waals surface area contributed by atoms with Crippen molar-refractivity contribution in [1.82, 2.24) is 4.98 Å². The molecule has 0 amide bonds. The van der Waals surface area contributed by atoms with E-state index in [-0.39, 0.29) is 0 Å². The zero-order valence-corrected chi connectivity index (χ0v) is 10.8. The molecule has 1 aromatic heterocycles. The first kappa shape index (κ1) is 11.2. The van der Waals surface area contributed by atoms with Crippen molar-refractivity contribution in [3.05, 3.63) is 53.6 Å². The van der Waals surface area contributed by atoms with Gasteiger partial charge in [0.1, 0.15) is 0 Å². The Morgan fingerprint density at radius 1 is 1.06 bits per heavy atom. The van der Waals surface area contributed by atoms with Crippen molar-refractivity contribution in [1.29, 1.82) is 0 Å². The van der Waals surface area contributed by atoms with Gasteiger partial charge in [-0.25, -0.2) is 0 Å². The van der Waals surface area contributed by atoms with E-state index in [1.807, 2.05) is 37.4 Å². The predicted molar refractivity (Wildman–Crippen MR) is 78.3 cm³/mol. The van der Waals surface area contributed by atoms with Crippen LogP contribution >= 0.6 is 11.6 Å². The maximum atomic E-state index is 6.01. The molecule has 2 nitrogen and oxygen atoms in total. The number of benzene rings is 2. The molecule has 2 N–H and O–H groups in total. The molecule has 0 aliphatic rings. The van der Waals surface area contributed by atoms with Crippen molar-refractivity contribution in [2.45, 2.75) is 0 Å². The largest absolute Gasteiger partial charge is 0.388 e. The topological polar surface area (TPSA) is 27.8 Å². The Morgan fingerprint density at radius 3 is 2.67 bits per heavy atom. The van der Waals surface area contributed by atoms with Gasteiger partial charge in [-0.05, 0) is 30.3 Å². The Bertz CT molecular complexity index is 668. The first-order chi connectivity index (χ1) is 8.78. The Hall–Kier alpha value is -1.93. The van der Waals surface area contributed by atoms with Crippen LogP contribution in [-0.4, -0.2) is 12.0 Å². The Kier molecular flexibility index (Phi) is 2.73. The summed E-state index contributed by atoms with van der Waals surface area (Å²) in [7, 11) is 1.90. The summed E-state index contributed by atoms with van der Waals surface area (Å²) in [5.41, 5.74) is 4.38. The minimum atomic E-state index is 0.735. The number of fused-ring (bicyclic) bond motifs is 1. The molecule has 0 saturated heterocycles. The SMILES string of the molecule is CNc1cc(Cl)ccc1-c1cc2ccccc2[nH]1. The minimum Gasteiger partial charge on any atom is -0.388 e. The fourth-order valence-electron chi connectivity index (χ4n) is 2.18. The van der Waals surface area contributed by atoms with Gasteiger partial charge in [0, 0.05) is 39.9 Å². The molecule has 0 radical (unpaired) electrons. The van der Waals surface area contributed by atoms with Crippen LogP contribution in [-0.2, 0) is 0 Å². The van der Waals surface area contributed by atoms with E-state index in [0.29, 0.717) is 0 Å². The van der Waals surface area contributed by atoms with Crippen LogP contribution in [0.3, 0.4) is 0 Å². The number of aromatic amines is 1. The van der Waals surface area contributed by atoms with Crippen molar-refractivity contribution in [3.8, 4) is 11.3 Å². The third-order valence-electron chi connectivity index (χ3n) is 3.07. The normalized spacial score (nSPS) is 10.8. The molecule has 0 aliphatic heterocycles. The lowest BCUT2D eigenvalue weighted by Gasteiger charge is -2.07. The lowest BCUT2D eigenvalue weighted by Crippen LogP contribution is -1.91. The maximum Gasteiger partial charge on any atom is 0.0485 e. The van der Waals surface area contributed by atoms with Gasteiger partial charge in [-0.15, -0.1) is 0 Å². The Morgan fingerprint density at radius 2 is 1.89 bits per heavy atom. The van der Waals surface area contributed by atoms with Crippen molar-refractivity contribution < 1.29 is 0 Å². The molecule has 1 heterocycles. The molecule has 0 bridgehead atoms. The molecule has 3 aromatic rings. The van der Waals surface area contributed by atoms with Gasteiger partial charge in [0.05, 0.1) is 0 Å². The summed E-state index contributed by atoms with van der Waals surface area (Å²) in [6.07, 6.45) is 0. The first-order valence-corrected chi connectivity index (χ1v) is 6.21. The average molecular weight is 257 g/mol. The molecule has 18 heavy (non-hydrogen) atoms. The van der Waals surface area contributed by atoms with E-state index < -0.39 is 0 Å². The minimum absolute atomic E-state index is 0.735. The molecule has 90 valence electrons. The lowest BCUT2D eigenvalue weighted by atomic mass is 10.1. The highest BCUT2D eigenvalue weighted by atomic mass is 35.5. The number of nitrogens with one attached hydrogen (secondary N) is 2. The summed E-state index contributed by atoms with van der Waals surface area (Å²) in [5.74, 6) is 0. The van der Waals surface area contributed by atoms with Crippen molar-refractivity contribution >= 4 is 28.2 Å². The second kappa shape index (κ2) is 4.39. The van der Waals surface area contributed by atoms with Gasteiger partial charge in [-0.2, -0.15) is 0 Å². The molecule has 0 unspecified atom stereocenters. The molecular weight excluding hydrogens is 244 g/mol. The van der Waals surface area contributed by atoms with Gasteiger partial charge in [0.15, 0.2) is 0 Å². The van der Waals surface area contributed by atoms with E-state index in [4.69, 9.17) is 11.6 Å². The van der Waals surface area contributed by atoms with Gasteiger partial charge >= 0.3 is 0 Å². The van der Waals surface area contributed by atoms with Crippen LogP contribution in [0.1, 0.15) is 0 Å². The number of anilines is 1. The Balaban J connectivity index is 2.19. The second-order valence-corrected chi connectivity index (χ2v) is 4.65. The molecule has 2 aromatic carbocycles. The molecule has 3 heteroatoms. The number of para-hydroxylation sites is 1. The molecule has 3 rings (SSSR count). The van der Waals surface area contributed by atoms with Gasteiger partial charge in [-0.3, -0.25) is 0 Å². The molecule has 0 aliphatic carbocycles. The molecule has 0 spiro atoms. The van der Waals surface area contributed by atoms with E-state index in [2.05, 4.69) is 28.5 Å². The third-order valence-corrected chi connectivity index (χ3v) is 3.31. The van der Waals surface area contributed by atoms with Gasteiger partial charge < -0.3 is 10.3 Å². The maximum absolute atomic E-state index is 6.01. The highest BCUT2D eigenvalue weighted by Gasteiger charge is 2.07. The van der Waals surface area contributed by atoms with E-state index in [1.165, 1.54) is 5.39 Å². The van der Waals surface area contributed by atoms with Crippen molar-refractivity contribution in [3.63, 3.8) is 0 Å². The summed E-state index contributed by atoms with van der Waals surface area (Å²) in [4.78, 5) is 3.42. The van der Waals surface area contributed by atoms with Crippen LogP contribution in [0.4, 0.5) is 5.69 Å². The number of aromatic nitrogens is 1. The molecule has 0 fully saturated rings. The van der Waals surface area contributed by atoms with E-state index in [9.17, 15) is 0 Å². The highest BCUT2D eigenvalue weighted by Crippen LogP contribution is 2.31. The first-order valence-electron chi connectivity index (χ1n) is 5.83. The summed E-state index contributed by atoms with van der Waals surface area (Å²) in [5, 5.41) is 5.12.